The molecular weight excluding hydrogens is 294 g/mol. The largest absolute Gasteiger partial charge is 0.417 e. The van der Waals surface area contributed by atoms with Crippen molar-refractivity contribution in [1.82, 2.24) is 4.98 Å². The minimum atomic E-state index is -4.64. The Labute approximate surface area is 116 Å². The van der Waals surface area contributed by atoms with Crippen LogP contribution in [0.5, 0.6) is 0 Å². The third-order valence-corrected chi connectivity index (χ3v) is 3.17. The number of halogens is 4. The van der Waals surface area contributed by atoms with Gasteiger partial charge in [-0.05, 0) is 25.1 Å². The van der Waals surface area contributed by atoms with Gasteiger partial charge in [0, 0.05) is 10.9 Å². The Morgan fingerprint density at radius 3 is 2.70 bits per heavy atom. The second-order valence-electron chi connectivity index (χ2n) is 3.89. The molecule has 0 saturated heterocycles. The Kier molecular flexibility index (Phi) is 4.03. The maximum Gasteiger partial charge on any atom is 0.417 e. The monoisotopic (exact) mass is 303 g/mol. The van der Waals surface area contributed by atoms with Gasteiger partial charge >= 0.3 is 6.18 Å². The molecule has 2 aromatic rings. The van der Waals surface area contributed by atoms with Crippen LogP contribution in [0.3, 0.4) is 0 Å². The summed E-state index contributed by atoms with van der Waals surface area (Å²) in [4.78, 5) is 4.04. The van der Waals surface area contributed by atoms with Crippen molar-refractivity contribution in [2.45, 2.75) is 13.1 Å². The average Bonchev–Trinajstić information content (AvgIpc) is 2.76. The average molecular weight is 303 g/mol. The minimum absolute atomic E-state index is 0.223. The molecule has 8 heteroatoms. The van der Waals surface area contributed by atoms with Crippen LogP contribution in [0.15, 0.2) is 28.7 Å². The van der Waals surface area contributed by atoms with Crippen LogP contribution in [0.1, 0.15) is 16.8 Å². The van der Waals surface area contributed by atoms with Crippen molar-refractivity contribution in [3.8, 4) is 0 Å². The highest BCUT2D eigenvalue weighted by molar-refractivity contribution is 7.13. The quantitative estimate of drug-likeness (QED) is 0.527. The molecule has 0 bridgehead atoms. The van der Waals surface area contributed by atoms with E-state index in [2.05, 4.69) is 15.5 Å². The van der Waals surface area contributed by atoms with Gasteiger partial charge < -0.3 is 0 Å². The summed E-state index contributed by atoms with van der Waals surface area (Å²) in [5, 5.41) is 5.92. The van der Waals surface area contributed by atoms with E-state index in [1.807, 2.05) is 0 Å². The number of rotatable bonds is 3. The summed E-state index contributed by atoms with van der Waals surface area (Å²) in [7, 11) is 0. The summed E-state index contributed by atoms with van der Waals surface area (Å²) in [5.41, 5.74) is 2.01. The Morgan fingerprint density at radius 2 is 2.10 bits per heavy atom. The zero-order valence-corrected chi connectivity index (χ0v) is 11.0. The molecule has 0 fully saturated rings. The fourth-order valence-electron chi connectivity index (χ4n) is 1.45. The number of hydrazone groups is 1. The van der Waals surface area contributed by atoms with Crippen LogP contribution < -0.4 is 5.43 Å². The van der Waals surface area contributed by atoms with Gasteiger partial charge in [-0.1, -0.05) is 0 Å². The van der Waals surface area contributed by atoms with E-state index in [1.165, 1.54) is 11.3 Å². The summed E-state index contributed by atoms with van der Waals surface area (Å²) >= 11 is 1.28. The van der Waals surface area contributed by atoms with Crippen molar-refractivity contribution in [3.05, 3.63) is 46.2 Å². The molecular formula is C12H9F4N3S. The first-order chi connectivity index (χ1) is 9.36. The van der Waals surface area contributed by atoms with Crippen LogP contribution in [0.4, 0.5) is 22.7 Å². The number of benzene rings is 1. The third-order valence-electron chi connectivity index (χ3n) is 2.30. The van der Waals surface area contributed by atoms with Gasteiger partial charge in [0.1, 0.15) is 5.82 Å². The van der Waals surface area contributed by atoms with Crippen LogP contribution >= 0.6 is 11.3 Å². The lowest BCUT2D eigenvalue weighted by Crippen LogP contribution is -2.09. The second-order valence-corrected chi connectivity index (χ2v) is 4.75. The number of hydrogen-bond acceptors (Lipinski definition) is 4. The van der Waals surface area contributed by atoms with Crippen molar-refractivity contribution in [2.75, 3.05) is 5.43 Å². The first-order valence-corrected chi connectivity index (χ1v) is 6.32. The molecule has 0 spiro atoms. The van der Waals surface area contributed by atoms with Crippen molar-refractivity contribution < 1.29 is 17.6 Å². The zero-order valence-electron chi connectivity index (χ0n) is 10.2. The van der Waals surface area contributed by atoms with Crippen LogP contribution in [0.25, 0.3) is 0 Å². The maximum absolute atomic E-state index is 12.9. The highest BCUT2D eigenvalue weighted by Crippen LogP contribution is 2.31. The molecule has 1 aromatic carbocycles. The van der Waals surface area contributed by atoms with Crippen molar-refractivity contribution in [2.24, 2.45) is 5.10 Å². The molecule has 20 heavy (non-hydrogen) atoms. The van der Waals surface area contributed by atoms with E-state index in [0.29, 0.717) is 11.2 Å². The van der Waals surface area contributed by atoms with Crippen molar-refractivity contribution in [1.29, 1.82) is 0 Å². The number of nitrogens with one attached hydrogen (secondary N) is 1. The number of nitrogens with zero attached hydrogens (tertiary/aromatic N) is 2. The molecule has 0 unspecified atom stereocenters. The van der Waals surface area contributed by atoms with Gasteiger partial charge in [0.05, 0.1) is 17.5 Å². The molecule has 0 radical (unpaired) electrons. The van der Waals surface area contributed by atoms with Crippen LogP contribution in [-0.2, 0) is 6.18 Å². The molecule has 0 saturated carbocycles. The van der Waals surface area contributed by atoms with E-state index in [4.69, 9.17) is 0 Å². The van der Waals surface area contributed by atoms with Gasteiger partial charge in [-0.25, -0.2) is 9.37 Å². The molecule has 106 valence electrons. The molecule has 0 atom stereocenters. The molecule has 1 heterocycles. The van der Waals surface area contributed by atoms with Crippen molar-refractivity contribution >= 4 is 22.7 Å². The van der Waals surface area contributed by atoms with E-state index >= 15 is 0 Å². The number of thiazole rings is 1. The summed E-state index contributed by atoms with van der Waals surface area (Å²) in [6, 6.07) is 2.41. The maximum atomic E-state index is 12.9. The smallest absolute Gasteiger partial charge is 0.253 e. The van der Waals surface area contributed by atoms with E-state index in [1.54, 1.807) is 12.3 Å². The Balaban J connectivity index is 2.20. The number of aryl methyl sites for hydroxylation is 1. The fourth-order valence-corrected chi connectivity index (χ4v) is 2.09. The second kappa shape index (κ2) is 5.58. The highest BCUT2D eigenvalue weighted by Gasteiger charge is 2.33. The Hall–Kier alpha value is -1.96. The molecule has 2 rings (SSSR count). The summed E-state index contributed by atoms with van der Waals surface area (Å²) in [5.74, 6) is -0.946. The lowest BCUT2D eigenvalue weighted by Gasteiger charge is -2.09. The lowest BCUT2D eigenvalue weighted by atomic mass is 10.1. The summed E-state index contributed by atoms with van der Waals surface area (Å²) < 4.78 is 51.1. The van der Waals surface area contributed by atoms with Gasteiger partial charge in [0.25, 0.3) is 0 Å². The SMILES string of the molecule is Cc1csc(NN=Cc2ccc(F)cc2C(F)(F)F)n1. The van der Waals surface area contributed by atoms with E-state index < -0.39 is 17.6 Å². The number of alkyl halides is 3. The van der Waals surface area contributed by atoms with Gasteiger partial charge in [0.15, 0.2) is 0 Å². The number of anilines is 1. The molecule has 0 aliphatic rings. The third kappa shape index (κ3) is 3.53. The summed E-state index contributed by atoms with van der Waals surface area (Å²) in [6.07, 6.45) is -3.65. The number of hydrogen-bond donors (Lipinski definition) is 1. The fraction of sp³-hybridized carbons (Fsp3) is 0.167. The van der Waals surface area contributed by atoms with Crippen LogP contribution in [-0.4, -0.2) is 11.2 Å². The number of aromatic nitrogens is 1. The van der Waals surface area contributed by atoms with Gasteiger partial charge in [0.2, 0.25) is 5.13 Å². The molecule has 0 aliphatic heterocycles. The molecule has 1 N–H and O–H groups in total. The van der Waals surface area contributed by atoms with Gasteiger partial charge in [-0.15, -0.1) is 11.3 Å². The lowest BCUT2D eigenvalue weighted by molar-refractivity contribution is -0.137. The molecule has 1 aromatic heterocycles. The first-order valence-electron chi connectivity index (χ1n) is 5.44. The van der Waals surface area contributed by atoms with Gasteiger partial charge in [-0.3, -0.25) is 5.43 Å². The predicted molar refractivity (Wildman–Crippen MR) is 69.5 cm³/mol. The van der Waals surface area contributed by atoms with E-state index in [-0.39, 0.29) is 5.56 Å². The predicted octanol–water partition coefficient (Wildman–Crippen LogP) is 4.06. The molecule has 3 nitrogen and oxygen atoms in total. The highest BCUT2D eigenvalue weighted by atomic mass is 32.1. The van der Waals surface area contributed by atoms with Crippen LogP contribution in [0, 0.1) is 12.7 Å². The normalized spacial score (nSPS) is 12.1. The molecule has 0 amide bonds. The molecule has 0 aliphatic carbocycles. The van der Waals surface area contributed by atoms with E-state index in [0.717, 1.165) is 24.0 Å². The Bertz CT molecular complexity index is 634. The Morgan fingerprint density at radius 1 is 1.35 bits per heavy atom. The zero-order chi connectivity index (χ0) is 14.8. The van der Waals surface area contributed by atoms with Crippen molar-refractivity contribution in [3.63, 3.8) is 0 Å². The van der Waals surface area contributed by atoms with Crippen LogP contribution in [0.2, 0.25) is 0 Å². The van der Waals surface area contributed by atoms with E-state index in [9.17, 15) is 17.6 Å². The first kappa shape index (κ1) is 14.4. The van der Waals surface area contributed by atoms with Gasteiger partial charge in [-0.2, -0.15) is 18.3 Å². The topological polar surface area (TPSA) is 37.3 Å². The summed E-state index contributed by atoms with van der Waals surface area (Å²) in [6.45, 7) is 1.78. The minimum Gasteiger partial charge on any atom is -0.253 e. The standard InChI is InChI=1S/C12H9F4N3S/c1-7-6-20-11(18-7)19-17-5-8-2-3-9(13)4-10(8)12(14,15)16/h2-6H,1H3,(H,18,19).